The number of benzene rings is 2. The maximum atomic E-state index is 16.7. The van der Waals surface area contributed by atoms with Gasteiger partial charge < -0.3 is 20.1 Å². The van der Waals surface area contributed by atoms with Crippen LogP contribution in [0.15, 0.2) is 36.5 Å². The molecule has 2 N–H and O–H groups in total. The van der Waals surface area contributed by atoms with Crippen LogP contribution in [0.1, 0.15) is 38.5 Å². The molecule has 0 spiro atoms. The van der Waals surface area contributed by atoms with E-state index in [1.165, 1.54) is 6.07 Å². The predicted molar refractivity (Wildman–Crippen MR) is 162 cm³/mol. The van der Waals surface area contributed by atoms with E-state index in [9.17, 15) is 9.50 Å². The Kier molecular flexibility index (Phi) is 6.58. The van der Waals surface area contributed by atoms with E-state index in [0.29, 0.717) is 51.3 Å². The van der Waals surface area contributed by atoms with Crippen LogP contribution in [0.4, 0.5) is 14.6 Å². The van der Waals surface area contributed by atoms with Crippen LogP contribution in [0.5, 0.6) is 11.8 Å². The van der Waals surface area contributed by atoms with Crippen LogP contribution >= 0.6 is 11.6 Å². The van der Waals surface area contributed by atoms with Gasteiger partial charge in [-0.15, -0.1) is 0 Å². The van der Waals surface area contributed by atoms with E-state index in [1.54, 1.807) is 24.4 Å². The molecule has 2 unspecified atom stereocenters. The highest BCUT2D eigenvalue weighted by molar-refractivity contribution is 6.36. The summed E-state index contributed by atoms with van der Waals surface area (Å²) in [4.78, 5) is 18.5. The van der Waals surface area contributed by atoms with Gasteiger partial charge >= 0.3 is 6.01 Å². The van der Waals surface area contributed by atoms with Gasteiger partial charge in [0.15, 0.2) is 5.82 Å². The van der Waals surface area contributed by atoms with Crippen LogP contribution < -0.4 is 15.0 Å². The normalized spacial score (nSPS) is 27.0. The summed E-state index contributed by atoms with van der Waals surface area (Å²) in [6.45, 7) is 2.31. The molecule has 0 radical (unpaired) electrons. The lowest BCUT2D eigenvalue weighted by molar-refractivity contribution is 0.0772. The second-order valence-electron chi connectivity index (χ2n) is 12.5. The summed E-state index contributed by atoms with van der Waals surface area (Å²) in [5, 5.41) is 16.3. The number of rotatable bonds is 6. The molecule has 4 aliphatic heterocycles. The Morgan fingerprint density at radius 2 is 1.95 bits per heavy atom. The average molecular weight is 607 g/mol. The van der Waals surface area contributed by atoms with Gasteiger partial charge in [0, 0.05) is 53.4 Å². The molecule has 2 aromatic carbocycles. The van der Waals surface area contributed by atoms with E-state index >= 15 is 4.39 Å². The highest BCUT2D eigenvalue weighted by Crippen LogP contribution is 2.44. The fourth-order valence-corrected chi connectivity index (χ4v) is 8.30. The first-order chi connectivity index (χ1) is 20.9. The van der Waals surface area contributed by atoms with Crippen molar-refractivity contribution in [2.45, 2.75) is 62.2 Å². The van der Waals surface area contributed by atoms with Crippen LogP contribution in [-0.2, 0) is 0 Å². The number of ether oxygens (including phenoxy) is 1. The third kappa shape index (κ3) is 4.48. The molecule has 0 amide bonds. The van der Waals surface area contributed by atoms with Gasteiger partial charge in [0.05, 0.1) is 10.9 Å². The Bertz CT molecular complexity index is 1730. The Morgan fingerprint density at radius 3 is 2.77 bits per heavy atom. The summed E-state index contributed by atoms with van der Waals surface area (Å²) in [7, 11) is 0. The monoisotopic (exact) mass is 606 g/mol. The zero-order valence-electron chi connectivity index (χ0n) is 23.7. The smallest absolute Gasteiger partial charge is 0.319 e. The van der Waals surface area contributed by atoms with Crippen molar-refractivity contribution in [3.05, 3.63) is 47.4 Å². The number of phenols is 1. The highest BCUT2D eigenvalue weighted by Gasteiger charge is 2.50. The number of nitrogens with zero attached hydrogens (tertiary/aromatic N) is 5. The minimum Gasteiger partial charge on any atom is -0.508 e. The second kappa shape index (κ2) is 10.4. The topological polar surface area (TPSA) is 86.6 Å². The fraction of sp³-hybridized carbons (Fsp3) is 0.469. The van der Waals surface area contributed by atoms with E-state index < -0.39 is 5.82 Å². The van der Waals surface area contributed by atoms with Gasteiger partial charge in [-0.25, -0.2) is 8.78 Å². The lowest BCUT2D eigenvalue weighted by atomic mass is 9.95. The largest absolute Gasteiger partial charge is 0.508 e. The number of piperazine rings is 1. The maximum absolute atomic E-state index is 16.7. The van der Waals surface area contributed by atoms with Crippen molar-refractivity contribution in [3.63, 3.8) is 0 Å². The van der Waals surface area contributed by atoms with Gasteiger partial charge in [-0.1, -0.05) is 23.7 Å². The Balaban J connectivity index is 1.24. The molecule has 43 heavy (non-hydrogen) atoms. The molecule has 224 valence electrons. The van der Waals surface area contributed by atoms with Gasteiger partial charge in [-0.2, -0.15) is 9.97 Å². The number of aromatic nitrogens is 3. The predicted octanol–water partition coefficient (Wildman–Crippen LogP) is 5.63. The molecule has 4 saturated heterocycles. The van der Waals surface area contributed by atoms with Crippen molar-refractivity contribution in [3.8, 4) is 23.0 Å². The van der Waals surface area contributed by atoms with Crippen molar-refractivity contribution in [1.29, 1.82) is 0 Å². The molecule has 2 aromatic heterocycles. The van der Waals surface area contributed by atoms with Crippen molar-refractivity contribution in [1.82, 2.24) is 25.2 Å². The van der Waals surface area contributed by atoms with E-state index in [-0.39, 0.29) is 41.2 Å². The number of phenolic OH excluding ortho intramolecular Hbond substituents is 1. The van der Waals surface area contributed by atoms with Gasteiger partial charge in [-0.3, -0.25) is 9.88 Å². The maximum Gasteiger partial charge on any atom is 0.319 e. The number of hydrogen-bond donors (Lipinski definition) is 2. The quantitative estimate of drug-likeness (QED) is 0.292. The molecule has 11 heteroatoms. The summed E-state index contributed by atoms with van der Waals surface area (Å²) in [5.74, 6) is -0.0443. The number of aromatic hydroxyl groups is 1. The van der Waals surface area contributed by atoms with Crippen LogP contribution in [0.2, 0.25) is 5.02 Å². The number of alkyl halides is 1. The number of halogens is 3. The number of hydrogen-bond acceptors (Lipinski definition) is 8. The summed E-state index contributed by atoms with van der Waals surface area (Å²) in [6, 6.07) is 9.12. The first-order valence-electron chi connectivity index (χ1n) is 15.2. The summed E-state index contributed by atoms with van der Waals surface area (Å²) in [5.41, 5.74) is 0.280. The van der Waals surface area contributed by atoms with Gasteiger partial charge in [0.25, 0.3) is 0 Å². The number of pyridine rings is 1. The Hall–Kier alpha value is -3.34. The van der Waals surface area contributed by atoms with E-state index in [0.717, 1.165) is 58.2 Å². The number of anilines is 1. The number of fused-ring (bicyclic) bond motifs is 5. The van der Waals surface area contributed by atoms with Crippen LogP contribution in [0, 0.1) is 5.82 Å². The van der Waals surface area contributed by atoms with Crippen LogP contribution in [-0.4, -0.2) is 81.5 Å². The van der Waals surface area contributed by atoms with E-state index in [1.807, 2.05) is 6.07 Å². The van der Waals surface area contributed by atoms with Gasteiger partial charge in [0.1, 0.15) is 36.1 Å². The molecule has 8 rings (SSSR count). The van der Waals surface area contributed by atoms with Gasteiger partial charge in [0.2, 0.25) is 0 Å². The first kappa shape index (κ1) is 27.2. The minimum absolute atomic E-state index is 0.0155. The summed E-state index contributed by atoms with van der Waals surface area (Å²) in [6.07, 6.45) is 7.38. The molecule has 6 heterocycles. The van der Waals surface area contributed by atoms with Crippen molar-refractivity contribution >= 4 is 39.1 Å². The van der Waals surface area contributed by atoms with Gasteiger partial charge in [-0.05, 0) is 68.7 Å². The average Bonchev–Trinajstić information content (AvgIpc) is 3.68. The van der Waals surface area contributed by atoms with E-state index in [4.69, 9.17) is 21.3 Å². The van der Waals surface area contributed by atoms with Crippen molar-refractivity contribution in [2.75, 3.05) is 37.8 Å². The standard InChI is InChI=1S/C32H33ClF2N6O2/c33-25-4-1-3-18-11-22(42)12-23(26(18)25)28-27(35)29-24(14-36-28)30(40-15-19-5-6-20(16-40)37-19)39-31(38-29)43-17-32-8-2-10-41(32)21(13-34)7-9-32/h1,3-4,11-12,14,19-21,37,42H,2,5-10,13,15-17H2/t19-,20+,21?,32?. The first-order valence-corrected chi connectivity index (χ1v) is 15.5. The lowest BCUT2D eigenvalue weighted by Gasteiger charge is -2.35. The molecule has 2 bridgehead atoms. The third-order valence-corrected chi connectivity index (χ3v) is 10.3. The zero-order valence-corrected chi connectivity index (χ0v) is 24.5. The molecule has 4 aromatic rings. The molecular formula is C32H33ClF2N6O2. The summed E-state index contributed by atoms with van der Waals surface area (Å²) >= 11 is 6.57. The molecule has 4 aliphatic rings. The fourth-order valence-electron chi connectivity index (χ4n) is 8.01. The van der Waals surface area contributed by atoms with Crippen LogP contribution in [0.3, 0.4) is 0 Å². The van der Waals surface area contributed by atoms with Crippen molar-refractivity contribution < 1.29 is 18.6 Å². The molecule has 4 atom stereocenters. The summed E-state index contributed by atoms with van der Waals surface area (Å²) < 4.78 is 36.8. The third-order valence-electron chi connectivity index (χ3n) is 10.0. The molecule has 0 aliphatic carbocycles. The minimum atomic E-state index is -0.630. The molecule has 4 fully saturated rings. The SMILES string of the molecule is Oc1cc(-c2ncc3c(N4C[C@H]5CC[C@@H](C4)N5)nc(OCC45CCCN4C(CF)CC5)nc3c2F)c2c(Cl)cccc2c1. The molecular weight excluding hydrogens is 574 g/mol. The molecule has 0 saturated carbocycles. The highest BCUT2D eigenvalue weighted by atomic mass is 35.5. The Morgan fingerprint density at radius 1 is 1.12 bits per heavy atom. The zero-order chi connectivity index (χ0) is 29.3. The van der Waals surface area contributed by atoms with Crippen molar-refractivity contribution in [2.24, 2.45) is 0 Å². The van der Waals surface area contributed by atoms with E-state index in [2.05, 4.69) is 25.1 Å². The number of nitrogens with one attached hydrogen (secondary N) is 1. The Labute approximate surface area is 253 Å². The lowest BCUT2D eigenvalue weighted by Crippen LogP contribution is -2.51. The molecule has 8 nitrogen and oxygen atoms in total. The second-order valence-corrected chi connectivity index (χ2v) is 13.0. The van der Waals surface area contributed by atoms with Crippen LogP contribution in [0.25, 0.3) is 32.9 Å².